The van der Waals surface area contributed by atoms with Crippen LogP contribution in [0.3, 0.4) is 0 Å². The molecular formula is C26H33N3O2. The molecule has 2 heterocycles. The van der Waals surface area contributed by atoms with Gasteiger partial charge in [-0.2, -0.15) is 0 Å². The molecular weight excluding hydrogens is 386 g/mol. The Morgan fingerprint density at radius 2 is 1.71 bits per heavy atom. The summed E-state index contributed by atoms with van der Waals surface area (Å²) in [6.45, 7) is 7.46. The van der Waals surface area contributed by atoms with Crippen LogP contribution in [-0.4, -0.2) is 47.8 Å². The van der Waals surface area contributed by atoms with Gasteiger partial charge in [-0.1, -0.05) is 62.4 Å². The number of amides is 2. The largest absolute Gasteiger partial charge is 0.351 e. The van der Waals surface area contributed by atoms with Crippen LogP contribution in [0.25, 0.3) is 0 Å². The number of hydrogen-bond acceptors (Lipinski definition) is 3. The number of hydrogen-bond donors (Lipinski definition) is 1. The molecule has 4 rings (SSSR count). The summed E-state index contributed by atoms with van der Waals surface area (Å²) in [7, 11) is 0. The zero-order valence-electron chi connectivity index (χ0n) is 18.6. The summed E-state index contributed by atoms with van der Waals surface area (Å²) in [5, 5.41) is 3.04. The number of fused-ring (bicyclic) bond motifs is 1. The van der Waals surface area contributed by atoms with Gasteiger partial charge in [0, 0.05) is 26.2 Å². The first kappa shape index (κ1) is 21.6. The molecule has 164 valence electrons. The number of nitrogens with zero attached hydrogens (tertiary/aromatic N) is 2. The van der Waals surface area contributed by atoms with E-state index in [0.29, 0.717) is 12.5 Å². The minimum Gasteiger partial charge on any atom is -0.351 e. The quantitative estimate of drug-likeness (QED) is 0.778. The lowest BCUT2D eigenvalue weighted by molar-refractivity contribution is -0.137. The molecule has 0 unspecified atom stereocenters. The molecule has 2 amide bonds. The van der Waals surface area contributed by atoms with E-state index in [9.17, 15) is 9.59 Å². The van der Waals surface area contributed by atoms with Crippen molar-refractivity contribution in [1.82, 2.24) is 15.1 Å². The highest BCUT2D eigenvalue weighted by Gasteiger charge is 2.36. The smallest absolute Gasteiger partial charge is 0.244 e. The van der Waals surface area contributed by atoms with Crippen molar-refractivity contribution in [3.63, 3.8) is 0 Å². The minimum atomic E-state index is -0.362. The standard InChI is InChI=1S/C26H33N3O2/c1-19(2)21-11-9-20(10-12-21)17-27-24(30)18-29-16-13-22-7-3-4-8-23(22)25(29)26(31)28-14-5-6-15-28/h3-4,7-12,19,25H,5-6,13-18H2,1-2H3,(H,27,30)/t25-/m1/s1. The van der Waals surface area contributed by atoms with Crippen molar-refractivity contribution in [2.75, 3.05) is 26.2 Å². The molecule has 0 aromatic heterocycles. The van der Waals surface area contributed by atoms with E-state index in [-0.39, 0.29) is 24.4 Å². The first-order valence-electron chi connectivity index (χ1n) is 11.5. The van der Waals surface area contributed by atoms with Crippen molar-refractivity contribution in [2.45, 2.75) is 51.6 Å². The van der Waals surface area contributed by atoms with Crippen LogP contribution in [0.5, 0.6) is 0 Å². The average Bonchev–Trinajstić information content (AvgIpc) is 3.32. The topological polar surface area (TPSA) is 52.7 Å². The van der Waals surface area contributed by atoms with E-state index in [2.05, 4.69) is 54.4 Å². The summed E-state index contributed by atoms with van der Waals surface area (Å²) in [6, 6.07) is 16.2. The maximum absolute atomic E-state index is 13.4. The third-order valence-corrected chi connectivity index (χ3v) is 6.52. The normalized spacial score (nSPS) is 18.8. The van der Waals surface area contributed by atoms with Crippen molar-refractivity contribution in [2.24, 2.45) is 0 Å². The highest BCUT2D eigenvalue weighted by atomic mass is 16.2. The van der Waals surface area contributed by atoms with Gasteiger partial charge in [0.1, 0.15) is 6.04 Å². The predicted octanol–water partition coefficient (Wildman–Crippen LogP) is 3.65. The van der Waals surface area contributed by atoms with Crippen LogP contribution in [-0.2, 0) is 22.6 Å². The number of benzene rings is 2. The van der Waals surface area contributed by atoms with Crippen molar-refractivity contribution >= 4 is 11.8 Å². The maximum atomic E-state index is 13.4. The molecule has 2 aliphatic heterocycles. The monoisotopic (exact) mass is 419 g/mol. The van der Waals surface area contributed by atoms with Gasteiger partial charge in [-0.25, -0.2) is 0 Å². The van der Waals surface area contributed by atoms with Crippen LogP contribution in [0.4, 0.5) is 0 Å². The summed E-state index contributed by atoms with van der Waals surface area (Å²) in [6.07, 6.45) is 3.00. The molecule has 2 aliphatic rings. The van der Waals surface area contributed by atoms with Gasteiger partial charge in [0.25, 0.3) is 0 Å². The molecule has 0 aliphatic carbocycles. The lowest BCUT2D eigenvalue weighted by Crippen LogP contribution is -2.48. The fraction of sp³-hybridized carbons (Fsp3) is 0.462. The van der Waals surface area contributed by atoms with Gasteiger partial charge < -0.3 is 10.2 Å². The lowest BCUT2D eigenvalue weighted by atomic mass is 9.91. The Hall–Kier alpha value is -2.66. The molecule has 0 bridgehead atoms. The molecule has 1 saturated heterocycles. The van der Waals surface area contributed by atoms with Gasteiger partial charge in [0.2, 0.25) is 11.8 Å². The van der Waals surface area contributed by atoms with E-state index >= 15 is 0 Å². The fourth-order valence-corrected chi connectivity index (χ4v) is 4.65. The fourth-order valence-electron chi connectivity index (χ4n) is 4.65. The van der Waals surface area contributed by atoms with Crippen molar-refractivity contribution in [3.05, 3.63) is 70.8 Å². The second kappa shape index (κ2) is 9.65. The second-order valence-electron chi connectivity index (χ2n) is 9.03. The Labute approximate surface area is 185 Å². The number of carbonyl (C=O) groups excluding carboxylic acids is 2. The summed E-state index contributed by atoms with van der Waals surface area (Å²) >= 11 is 0. The van der Waals surface area contributed by atoms with Crippen LogP contribution < -0.4 is 5.32 Å². The zero-order valence-corrected chi connectivity index (χ0v) is 18.6. The molecule has 2 aromatic rings. The molecule has 5 heteroatoms. The molecule has 1 atom stereocenters. The van der Waals surface area contributed by atoms with E-state index in [1.165, 1.54) is 11.1 Å². The molecule has 0 saturated carbocycles. The van der Waals surface area contributed by atoms with Crippen LogP contribution in [0.15, 0.2) is 48.5 Å². The number of carbonyl (C=O) groups is 2. The highest BCUT2D eigenvalue weighted by Crippen LogP contribution is 2.32. The number of nitrogens with one attached hydrogen (secondary N) is 1. The molecule has 2 aromatic carbocycles. The Morgan fingerprint density at radius 1 is 1.00 bits per heavy atom. The average molecular weight is 420 g/mol. The summed E-state index contributed by atoms with van der Waals surface area (Å²) < 4.78 is 0. The Morgan fingerprint density at radius 3 is 2.42 bits per heavy atom. The van der Waals surface area contributed by atoms with E-state index in [0.717, 1.165) is 50.0 Å². The first-order valence-corrected chi connectivity index (χ1v) is 11.5. The molecule has 31 heavy (non-hydrogen) atoms. The Kier molecular flexibility index (Phi) is 6.71. The van der Waals surface area contributed by atoms with Crippen molar-refractivity contribution in [3.8, 4) is 0 Å². The van der Waals surface area contributed by atoms with Crippen molar-refractivity contribution in [1.29, 1.82) is 0 Å². The minimum absolute atomic E-state index is 0.0356. The second-order valence-corrected chi connectivity index (χ2v) is 9.03. The van der Waals surface area contributed by atoms with Gasteiger partial charge >= 0.3 is 0 Å². The van der Waals surface area contributed by atoms with Gasteiger partial charge in [-0.15, -0.1) is 0 Å². The van der Waals surface area contributed by atoms with Crippen LogP contribution in [0, 0.1) is 0 Å². The summed E-state index contributed by atoms with van der Waals surface area (Å²) in [4.78, 5) is 30.2. The SMILES string of the molecule is CC(C)c1ccc(CNC(=O)CN2CCc3ccccc3[C@@H]2C(=O)N2CCCC2)cc1. The molecule has 1 N–H and O–H groups in total. The molecule has 0 radical (unpaired) electrons. The lowest BCUT2D eigenvalue weighted by Gasteiger charge is -2.37. The van der Waals surface area contributed by atoms with Gasteiger partial charge in [-0.05, 0) is 47.4 Å². The molecule has 1 fully saturated rings. The first-order chi connectivity index (χ1) is 15.0. The van der Waals surface area contributed by atoms with E-state index in [1.807, 2.05) is 23.1 Å². The third-order valence-electron chi connectivity index (χ3n) is 6.52. The maximum Gasteiger partial charge on any atom is 0.244 e. The summed E-state index contributed by atoms with van der Waals surface area (Å²) in [5.74, 6) is 0.601. The van der Waals surface area contributed by atoms with Crippen LogP contribution >= 0.6 is 0 Å². The number of rotatable bonds is 6. The third kappa shape index (κ3) is 4.99. The van der Waals surface area contributed by atoms with E-state index in [4.69, 9.17) is 0 Å². The van der Waals surface area contributed by atoms with E-state index in [1.54, 1.807) is 0 Å². The predicted molar refractivity (Wildman–Crippen MR) is 123 cm³/mol. The molecule has 5 nitrogen and oxygen atoms in total. The zero-order chi connectivity index (χ0) is 21.8. The molecule has 0 spiro atoms. The highest BCUT2D eigenvalue weighted by molar-refractivity contribution is 5.86. The van der Waals surface area contributed by atoms with Gasteiger partial charge in [-0.3, -0.25) is 14.5 Å². The van der Waals surface area contributed by atoms with Gasteiger partial charge in [0.15, 0.2) is 0 Å². The van der Waals surface area contributed by atoms with Crippen LogP contribution in [0.2, 0.25) is 0 Å². The van der Waals surface area contributed by atoms with Gasteiger partial charge in [0.05, 0.1) is 6.54 Å². The Balaban J connectivity index is 1.43. The van der Waals surface area contributed by atoms with Crippen molar-refractivity contribution < 1.29 is 9.59 Å². The van der Waals surface area contributed by atoms with Crippen LogP contribution in [0.1, 0.15) is 60.9 Å². The van der Waals surface area contributed by atoms with E-state index < -0.39 is 0 Å². The Bertz CT molecular complexity index is 917. The number of likely N-dealkylation sites (tertiary alicyclic amines) is 1. The summed E-state index contributed by atoms with van der Waals surface area (Å²) in [5.41, 5.74) is 4.67.